The second-order valence-electron chi connectivity index (χ2n) is 5.59. The maximum atomic E-state index is 12.5. The molecule has 0 unspecified atom stereocenters. The summed E-state index contributed by atoms with van der Waals surface area (Å²) in [6.07, 6.45) is 0. The van der Waals surface area contributed by atoms with Crippen molar-refractivity contribution in [3.8, 4) is 5.75 Å². The number of carbonyl (C=O) groups is 1. The Morgan fingerprint density at radius 3 is 2.46 bits per heavy atom. The number of carbonyl (C=O) groups excluding carboxylic acids is 1. The summed E-state index contributed by atoms with van der Waals surface area (Å²) in [6, 6.07) is 17.1. The Bertz CT molecular complexity index is 1060. The summed E-state index contributed by atoms with van der Waals surface area (Å²) in [5.74, 6) is -0.657. The van der Waals surface area contributed by atoms with Crippen molar-refractivity contribution in [1.29, 1.82) is 0 Å². The van der Waals surface area contributed by atoms with Gasteiger partial charge in [-0.1, -0.05) is 30.0 Å². The Morgan fingerprint density at radius 2 is 1.79 bits per heavy atom. The van der Waals surface area contributed by atoms with Crippen molar-refractivity contribution >= 4 is 74.2 Å². The number of benzene rings is 3. The standard InChI is InChI=1S/C19H12I2N2O4S/c20-11-8-14(18(24)15(21)9-11)19(25)22-12-6-7-17(16(10-12)23(26)27)28-13-4-2-1-3-5-13/h1-10,24H,(H,22,25). The molecule has 0 aromatic heterocycles. The van der Waals surface area contributed by atoms with E-state index in [1.54, 1.807) is 24.3 Å². The zero-order chi connectivity index (χ0) is 20.3. The van der Waals surface area contributed by atoms with E-state index in [0.29, 0.717) is 8.47 Å². The number of nitrogens with one attached hydrogen (secondary N) is 1. The summed E-state index contributed by atoms with van der Waals surface area (Å²) in [5, 5.41) is 24.3. The van der Waals surface area contributed by atoms with Gasteiger partial charge in [0.2, 0.25) is 0 Å². The predicted molar refractivity (Wildman–Crippen MR) is 125 cm³/mol. The largest absolute Gasteiger partial charge is 0.506 e. The first kappa shape index (κ1) is 20.9. The van der Waals surface area contributed by atoms with Crippen LogP contribution in [-0.4, -0.2) is 15.9 Å². The molecule has 0 aliphatic rings. The van der Waals surface area contributed by atoms with E-state index >= 15 is 0 Å². The van der Waals surface area contributed by atoms with Crippen LogP contribution in [0, 0.1) is 17.3 Å². The topological polar surface area (TPSA) is 92.5 Å². The van der Waals surface area contributed by atoms with Crippen molar-refractivity contribution in [3.05, 3.63) is 83.5 Å². The first-order valence-corrected chi connectivity index (χ1v) is 10.8. The number of halogens is 2. The van der Waals surface area contributed by atoms with Crippen LogP contribution in [-0.2, 0) is 0 Å². The van der Waals surface area contributed by atoms with E-state index in [1.165, 1.54) is 17.8 Å². The summed E-state index contributed by atoms with van der Waals surface area (Å²) in [5.41, 5.74) is 0.289. The van der Waals surface area contributed by atoms with Gasteiger partial charge in [0, 0.05) is 20.2 Å². The fraction of sp³-hybridized carbons (Fsp3) is 0. The molecule has 3 aromatic carbocycles. The number of rotatable bonds is 5. The number of phenolic OH excluding ortho intramolecular Hbond substituents is 1. The van der Waals surface area contributed by atoms with E-state index in [9.17, 15) is 20.0 Å². The highest BCUT2D eigenvalue weighted by atomic mass is 127. The third-order valence-electron chi connectivity index (χ3n) is 3.66. The molecule has 0 saturated carbocycles. The molecule has 142 valence electrons. The number of nitro groups is 1. The van der Waals surface area contributed by atoms with E-state index in [4.69, 9.17) is 0 Å². The van der Waals surface area contributed by atoms with Crippen LogP contribution in [0.15, 0.2) is 70.5 Å². The second-order valence-corrected chi connectivity index (χ2v) is 9.12. The maximum Gasteiger partial charge on any atom is 0.285 e. The van der Waals surface area contributed by atoms with E-state index in [-0.39, 0.29) is 22.7 Å². The van der Waals surface area contributed by atoms with Crippen LogP contribution in [0.1, 0.15) is 10.4 Å². The third-order valence-corrected chi connectivity index (χ3v) is 6.18. The number of amides is 1. The molecule has 2 N–H and O–H groups in total. The average molecular weight is 618 g/mol. The minimum Gasteiger partial charge on any atom is -0.506 e. The lowest BCUT2D eigenvalue weighted by atomic mass is 10.2. The van der Waals surface area contributed by atoms with Crippen molar-refractivity contribution in [2.24, 2.45) is 0 Å². The lowest BCUT2D eigenvalue weighted by molar-refractivity contribution is -0.387. The van der Waals surface area contributed by atoms with Crippen molar-refractivity contribution < 1.29 is 14.8 Å². The Balaban J connectivity index is 1.88. The molecule has 0 bridgehead atoms. The Labute approximate surface area is 192 Å². The van der Waals surface area contributed by atoms with Crippen LogP contribution in [0.2, 0.25) is 0 Å². The summed E-state index contributed by atoms with van der Waals surface area (Å²) in [4.78, 5) is 24.9. The molecule has 3 aromatic rings. The van der Waals surface area contributed by atoms with Gasteiger partial charge in [-0.25, -0.2) is 0 Å². The zero-order valence-corrected chi connectivity index (χ0v) is 19.2. The van der Waals surface area contributed by atoms with Crippen molar-refractivity contribution in [2.75, 3.05) is 5.32 Å². The van der Waals surface area contributed by atoms with E-state index in [2.05, 4.69) is 27.9 Å². The number of hydrogen-bond acceptors (Lipinski definition) is 5. The van der Waals surface area contributed by atoms with Crippen molar-refractivity contribution in [1.82, 2.24) is 0 Å². The summed E-state index contributed by atoms with van der Waals surface area (Å²) >= 11 is 5.27. The number of nitrogens with zero attached hydrogens (tertiary/aromatic N) is 1. The molecule has 0 saturated heterocycles. The van der Waals surface area contributed by atoms with Gasteiger partial charge in [0.05, 0.1) is 19.0 Å². The van der Waals surface area contributed by atoms with Crippen molar-refractivity contribution in [2.45, 2.75) is 9.79 Å². The maximum absolute atomic E-state index is 12.5. The van der Waals surface area contributed by atoms with E-state index < -0.39 is 10.8 Å². The molecule has 0 fully saturated rings. The minimum absolute atomic E-state index is 0.104. The quantitative estimate of drug-likeness (QED) is 0.211. The molecule has 3 rings (SSSR count). The SMILES string of the molecule is O=C(Nc1ccc(Sc2ccccc2)c([N+](=O)[O-])c1)c1cc(I)cc(I)c1O. The van der Waals surface area contributed by atoms with Gasteiger partial charge in [0.25, 0.3) is 11.6 Å². The molecule has 6 nitrogen and oxygen atoms in total. The highest BCUT2D eigenvalue weighted by molar-refractivity contribution is 14.1. The smallest absolute Gasteiger partial charge is 0.285 e. The van der Waals surface area contributed by atoms with Gasteiger partial charge in [0.15, 0.2) is 0 Å². The van der Waals surface area contributed by atoms with Crippen molar-refractivity contribution in [3.63, 3.8) is 0 Å². The van der Waals surface area contributed by atoms with Gasteiger partial charge < -0.3 is 10.4 Å². The Kier molecular flexibility index (Phi) is 6.78. The number of anilines is 1. The normalized spacial score (nSPS) is 10.5. The molecule has 28 heavy (non-hydrogen) atoms. The minimum atomic E-state index is -0.535. The summed E-state index contributed by atoms with van der Waals surface area (Å²) in [7, 11) is 0. The predicted octanol–water partition coefficient (Wildman–Crippen LogP) is 5.91. The molecular weight excluding hydrogens is 606 g/mol. The average Bonchev–Trinajstić information content (AvgIpc) is 2.66. The van der Waals surface area contributed by atoms with Crippen LogP contribution in [0.25, 0.3) is 0 Å². The highest BCUT2D eigenvalue weighted by Gasteiger charge is 2.19. The molecular formula is C19H12I2N2O4S. The lowest BCUT2D eigenvalue weighted by Crippen LogP contribution is -2.13. The van der Waals surface area contributed by atoms with Gasteiger partial charge in [-0.2, -0.15) is 0 Å². The first-order chi connectivity index (χ1) is 13.3. The monoisotopic (exact) mass is 618 g/mol. The van der Waals surface area contributed by atoms with Crippen LogP contribution >= 0.6 is 56.9 Å². The lowest BCUT2D eigenvalue weighted by Gasteiger charge is -2.10. The number of phenols is 1. The molecule has 0 aliphatic heterocycles. The number of hydrogen-bond donors (Lipinski definition) is 2. The van der Waals surface area contributed by atoms with Gasteiger partial charge in [-0.15, -0.1) is 0 Å². The van der Waals surface area contributed by atoms with Crippen LogP contribution < -0.4 is 5.32 Å². The van der Waals surface area contributed by atoms with Gasteiger partial charge in [-0.05, 0) is 81.6 Å². The number of aromatic hydroxyl groups is 1. The fourth-order valence-corrected chi connectivity index (χ4v) is 5.14. The number of nitro benzene ring substituents is 1. The van der Waals surface area contributed by atoms with Gasteiger partial charge in [-0.3, -0.25) is 14.9 Å². The molecule has 0 radical (unpaired) electrons. The van der Waals surface area contributed by atoms with Gasteiger partial charge in [0.1, 0.15) is 5.75 Å². The molecule has 0 heterocycles. The summed E-state index contributed by atoms with van der Waals surface area (Å²) in [6.45, 7) is 0. The molecule has 9 heteroatoms. The van der Waals surface area contributed by atoms with Crippen LogP contribution in [0.5, 0.6) is 5.75 Å². The Morgan fingerprint density at radius 1 is 1.07 bits per heavy atom. The van der Waals surface area contributed by atoms with Crippen LogP contribution in [0.3, 0.4) is 0 Å². The van der Waals surface area contributed by atoms with E-state index in [0.717, 1.165) is 8.47 Å². The van der Waals surface area contributed by atoms with Gasteiger partial charge >= 0.3 is 0 Å². The van der Waals surface area contributed by atoms with Crippen LogP contribution in [0.4, 0.5) is 11.4 Å². The second kappa shape index (κ2) is 9.09. The molecule has 1 amide bonds. The highest BCUT2D eigenvalue weighted by Crippen LogP contribution is 2.36. The molecule has 0 spiro atoms. The first-order valence-electron chi connectivity index (χ1n) is 7.86. The van der Waals surface area contributed by atoms with E-state index in [1.807, 2.05) is 52.9 Å². The zero-order valence-electron chi connectivity index (χ0n) is 14.1. The third kappa shape index (κ3) is 4.94. The summed E-state index contributed by atoms with van der Waals surface area (Å²) < 4.78 is 1.35. The molecule has 0 aliphatic carbocycles. The molecule has 0 atom stereocenters. The fourth-order valence-electron chi connectivity index (χ4n) is 2.38. The Hall–Kier alpha value is -1.86.